The number of fused-ring (bicyclic) bond motifs is 2. The summed E-state index contributed by atoms with van der Waals surface area (Å²) in [6.07, 6.45) is 2.04. The predicted octanol–water partition coefficient (Wildman–Crippen LogP) is 0.977. The highest BCUT2D eigenvalue weighted by molar-refractivity contribution is 7.89. The van der Waals surface area contributed by atoms with E-state index in [1.54, 1.807) is 0 Å². The van der Waals surface area contributed by atoms with Crippen molar-refractivity contribution >= 4 is 21.6 Å². The molecule has 0 amide bonds. The SMILES string of the molecule is COC(=O)C(C)n1nc2c(S(=O)(=O)N3CCc4ccccc4C3)cccn2c1=O. The average molecular weight is 416 g/mol. The van der Waals surface area contributed by atoms with E-state index in [1.165, 1.54) is 36.7 Å². The fourth-order valence-corrected chi connectivity index (χ4v) is 5.06. The van der Waals surface area contributed by atoms with Crippen LogP contribution in [0.3, 0.4) is 0 Å². The number of pyridine rings is 1. The number of esters is 1. The van der Waals surface area contributed by atoms with Crippen LogP contribution in [0.1, 0.15) is 24.1 Å². The van der Waals surface area contributed by atoms with Gasteiger partial charge in [0, 0.05) is 19.3 Å². The van der Waals surface area contributed by atoms with Crippen molar-refractivity contribution in [3.8, 4) is 0 Å². The van der Waals surface area contributed by atoms with Gasteiger partial charge in [-0.25, -0.2) is 22.4 Å². The maximum absolute atomic E-state index is 13.4. The maximum Gasteiger partial charge on any atom is 0.351 e. The fraction of sp³-hybridized carbons (Fsp3) is 0.316. The first-order valence-electron chi connectivity index (χ1n) is 9.09. The summed E-state index contributed by atoms with van der Waals surface area (Å²) < 4.78 is 34.8. The molecule has 4 rings (SSSR count). The number of carbonyl (C=O) groups is 1. The fourth-order valence-electron chi connectivity index (χ4n) is 3.53. The summed E-state index contributed by atoms with van der Waals surface area (Å²) in [5, 5.41) is 4.15. The molecule has 2 aromatic heterocycles. The van der Waals surface area contributed by atoms with Crippen molar-refractivity contribution in [1.82, 2.24) is 18.5 Å². The van der Waals surface area contributed by atoms with Gasteiger partial charge in [-0.05, 0) is 36.6 Å². The van der Waals surface area contributed by atoms with Gasteiger partial charge >= 0.3 is 11.7 Å². The second kappa shape index (κ2) is 7.12. The van der Waals surface area contributed by atoms with Gasteiger partial charge in [0.2, 0.25) is 10.0 Å². The highest BCUT2D eigenvalue weighted by Gasteiger charge is 2.32. The number of hydrogen-bond donors (Lipinski definition) is 0. The van der Waals surface area contributed by atoms with E-state index >= 15 is 0 Å². The second-order valence-corrected chi connectivity index (χ2v) is 8.76. The summed E-state index contributed by atoms with van der Waals surface area (Å²) in [7, 11) is -2.69. The number of nitrogens with zero attached hydrogens (tertiary/aromatic N) is 4. The number of benzene rings is 1. The van der Waals surface area contributed by atoms with Gasteiger partial charge in [0.1, 0.15) is 4.90 Å². The van der Waals surface area contributed by atoms with Crippen LogP contribution in [-0.2, 0) is 32.5 Å². The molecule has 10 heteroatoms. The van der Waals surface area contributed by atoms with Crippen molar-refractivity contribution in [3.63, 3.8) is 0 Å². The molecule has 0 spiro atoms. The number of sulfonamides is 1. The van der Waals surface area contributed by atoms with Crippen molar-refractivity contribution < 1.29 is 17.9 Å². The summed E-state index contributed by atoms with van der Waals surface area (Å²) in [4.78, 5) is 24.4. The van der Waals surface area contributed by atoms with Crippen LogP contribution in [0.5, 0.6) is 0 Å². The van der Waals surface area contributed by atoms with E-state index in [-0.39, 0.29) is 17.1 Å². The quantitative estimate of drug-likeness (QED) is 0.588. The Kier molecular flexibility index (Phi) is 4.75. The Hall–Kier alpha value is -2.98. The van der Waals surface area contributed by atoms with E-state index in [4.69, 9.17) is 0 Å². The molecule has 1 aliphatic rings. The van der Waals surface area contributed by atoms with Crippen molar-refractivity contribution in [1.29, 1.82) is 0 Å². The Balaban J connectivity index is 1.80. The molecule has 0 fully saturated rings. The van der Waals surface area contributed by atoms with Crippen LogP contribution in [0.4, 0.5) is 0 Å². The van der Waals surface area contributed by atoms with Crippen molar-refractivity contribution in [2.75, 3.05) is 13.7 Å². The van der Waals surface area contributed by atoms with Crippen molar-refractivity contribution in [2.24, 2.45) is 0 Å². The molecule has 9 nitrogen and oxygen atoms in total. The molecule has 0 saturated carbocycles. The van der Waals surface area contributed by atoms with E-state index in [0.29, 0.717) is 13.0 Å². The Morgan fingerprint density at radius 2 is 1.90 bits per heavy atom. The van der Waals surface area contributed by atoms with Crippen LogP contribution in [0, 0.1) is 0 Å². The third-order valence-corrected chi connectivity index (χ3v) is 7.02. The van der Waals surface area contributed by atoms with E-state index in [2.05, 4.69) is 9.84 Å². The van der Waals surface area contributed by atoms with E-state index in [0.717, 1.165) is 20.2 Å². The Bertz CT molecular complexity index is 1260. The highest BCUT2D eigenvalue weighted by Crippen LogP contribution is 2.26. The zero-order valence-electron chi connectivity index (χ0n) is 16.0. The monoisotopic (exact) mass is 416 g/mol. The number of hydrogen-bond acceptors (Lipinski definition) is 6. The summed E-state index contributed by atoms with van der Waals surface area (Å²) in [5.41, 5.74) is 1.45. The normalized spacial score (nSPS) is 15.8. The van der Waals surface area contributed by atoms with Gasteiger partial charge in [-0.15, -0.1) is 5.10 Å². The van der Waals surface area contributed by atoms with E-state index in [9.17, 15) is 18.0 Å². The van der Waals surface area contributed by atoms with Gasteiger partial charge in [0.15, 0.2) is 11.7 Å². The van der Waals surface area contributed by atoms with E-state index in [1.807, 2.05) is 24.3 Å². The summed E-state index contributed by atoms with van der Waals surface area (Å²) in [6.45, 7) is 2.06. The summed E-state index contributed by atoms with van der Waals surface area (Å²) in [5.74, 6) is -0.646. The molecule has 152 valence electrons. The largest absolute Gasteiger partial charge is 0.467 e. The number of rotatable bonds is 4. The molecule has 1 unspecified atom stereocenters. The molecule has 3 aromatic rings. The van der Waals surface area contributed by atoms with Crippen molar-refractivity contribution in [2.45, 2.75) is 30.8 Å². The first-order chi connectivity index (χ1) is 13.8. The minimum atomic E-state index is -3.90. The van der Waals surface area contributed by atoms with Gasteiger partial charge in [0.25, 0.3) is 0 Å². The lowest BCUT2D eigenvalue weighted by Crippen LogP contribution is -2.36. The Morgan fingerprint density at radius 1 is 1.17 bits per heavy atom. The second-order valence-electron chi connectivity index (χ2n) is 6.85. The standard InChI is InChI=1S/C19H20N4O5S/c1-13(18(24)28-2)23-19(25)22-10-5-8-16(17(22)20-23)29(26,27)21-11-9-14-6-3-4-7-15(14)12-21/h3-8,10,13H,9,11-12H2,1-2H3. The van der Waals surface area contributed by atoms with Crippen LogP contribution in [0.2, 0.25) is 0 Å². The number of ether oxygens (including phenoxy) is 1. The van der Waals surface area contributed by atoms with E-state index < -0.39 is 27.7 Å². The molecule has 0 radical (unpaired) electrons. The Morgan fingerprint density at radius 3 is 2.62 bits per heavy atom. The van der Waals surface area contributed by atoms with Crippen LogP contribution in [-0.4, -0.2) is 46.5 Å². The summed E-state index contributed by atoms with van der Waals surface area (Å²) in [6, 6.07) is 9.64. The lowest BCUT2D eigenvalue weighted by atomic mass is 10.0. The molecular weight excluding hydrogens is 396 g/mol. The number of carbonyl (C=O) groups excluding carboxylic acids is 1. The molecule has 29 heavy (non-hydrogen) atoms. The topological polar surface area (TPSA) is 103 Å². The van der Waals surface area contributed by atoms with Crippen LogP contribution < -0.4 is 5.69 Å². The molecule has 1 aromatic carbocycles. The lowest BCUT2D eigenvalue weighted by molar-refractivity contribution is -0.144. The van der Waals surface area contributed by atoms with Gasteiger partial charge in [-0.1, -0.05) is 24.3 Å². The maximum atomic E-state index is 13.4. The number of methoxy groups -OCH3 is 1. The van der Waals surface area contributed by atoms with Gasteiger partial charge < -0.3 is 4.74 Å². The van der Waals surface area contributed by atoms with Crippen molar-refractivity contribution in [3.05, 3.63) is 64.2 Å². The van der Waals surface area contributed by atoms with Crippen LogP contribution >= 0.6 is 0 Å². The van der Waals surface area contributed by atoms with Gasteiger partial charge in [0.05, 0.1) is 7.11 Å². The zero-order valence-corrected chi connectivity index (χ0v) is 16.8. The average Bonchev–Trinajstić information content (AvgIpc) is 3.08. The van der Waals surface area contributed by atoms with Gasteiger partial charge in [-0.2, -0.15) is 8.99 Å². The van der Waals surface area contributed by atoms with Crippen LogP contribution in [0.15, 0.2) is 52.3 Å². The first-order valence-corrected chi connectivity index (χ1v) is 10.5. The van der Waals surface area contributed by atoms with Gasteiger partial charge in [-0.3, -0.25) is 0 Å². The van der Waals surface area contributed by atoms with Crippen LogP contribution in [0.25, 0.3) is 5.65 Å². The summed E-state index contributed by atoms with van der Waals surface area (Å²) >= 11 is 0. The molecule has 0 aliphatic carbocycles. The minimum Gasteiger partial charge on any atom is -0.467 e. The predicted molar refractivity (Wildman–Crippen MR) is 104 cm³/mol. The number of aromatic nitrogens is 3. The molecule has 0 saturated heterocycles. The Labute approximate surface area is 167 Å². The zero-order chi connectivity index (χ0) is 20.8. The highest BCUT2D eigenvalue weighted by atomic mass is 32.2. The third-order valence-electron chi connectivity index (χ3n) is 5.16. The smallest absolute Gasteiger partial charge is 0.351 e. The molecule has 0 bridgehead atoms. The molecule has 1 atom stereocenters. The molecule has 3 heterocycles. The first kappa shape index (κ1) is 19.3. The molecule has 1 aliphatic heterocycles. The third kappa shape index (κ3) is 3.14. The minimum absolute atomic E-state index is 0.0212. The lowest BCUT2D eigenvalue weighted by Gasteiger charge is -2.28. The molecule has 0 N–H and O–H groups in total. The molecular formula is C19H20N4O5S.